The van der Waals surface area contributed by atoms with E-state index < -0.39 is 11.9 Å². The van der Waals surface area contributed by atoms with E-state index in [2.05, 4.69) is 9.88 Å². The molecule has 1 aromatic heterocycles. The first-order valence-electron chi connectivity index (χ1n) is 9.46. The summed E-state index contributed by atoms with van der Waals surface area (Å²) >= 11 is 0. The van der Waals surface area contributed by atoms with Crippen molar-refractivity contribution in [1.82, 2.24) is 4.98 Å². The first kappa shape index (κ1) is 19.7. The van der Waals surface area contributed by atoms with Gasteiger partial charge in [-0.2, -0.15) is 13.2 Å². The third-order valence-electron chi connectivity index (χ3n) is 5.46. The normalized spacial score (nSPS) is 19.4. The number of hydrogen-bond acceptors (Lipinski definition) is 5. The number of morpholine rings is 1. The number of rotatable bonds is 4. The number of ketones is 1. The topological polar surface area (TPSA) is 51.7 Å². The van der Waals surface area contributed by atoms with Gasteiger partial charge in [0.25, 0.3) is 0 Å². The van der Waals surface area contributed by atoms with Gasteiger partial charge in [-0.1, -0.05) is 6.07 Å². The molecular formula is C21H21F3N2O3. The second-order valence-corrected chi connectivity index (χ2v) is 7.30. The molecule has 1 fully saturated rings. The second-order valence-electron chi connectivity index (χ2n) is 7.30. The molecule has 29 heavy (non-hydrogen) atoms. The van der Waals surface area contributed by atoms with Crippen molar-refractivity contribution in [3.05, 3.63) is 52.8 Å². The van der Waals surface area contributed by atoms with E-state index in [0.717, 1.165) is 30.4 Å². The predicted molar refractivity (Wildman–Crippen MR) is 100 cm³/mol. The number of halogens is 3. The lowest BCUT2D eigenvalue weighted by Crippen LogP contribution is -2.36. The summed E-state index contributed by atoms with van der Waals surface area (Å²) in [5, 5.41) is 0. The van der Waals surface area contributed by atoms with Crippen LogP contribution in [0.5, 0.6) is 5.75 Å². The number of benzene rings is 1. The highest BCUT2D eigenvalue weighted by molar-refractivity contribution is 6.03. The molecule has 1 aliphatic heterocycles. The summed E-state index contributed by atoms with van der Waals surface area (Å²) in [5.41, 5.74) is 2.21. The van der Waals surface area contributed by atoms with Crippen molar-refractivity contribution in [1.29, 1.82) is 0 Å². The maximum absolute atomic E-state index is 12.9. The highest BCUT2D eigenvalue weighted by atomic mass is 19.4. The van der Waals surface area contributed by atoms with Gasteiger partial charge in [-0.3, -0.25) is 9.78 Å². The fourth-order valence-corrected chi connectivity index (χ4v) is 3.97. The number of aromatic nitrogens is 1. The first-order chi connectivity index (χ1) is 13.9. The van der Waals surface area contributed by atoms with Crippen LogP contribution < -0.4 is 9.64 Å². The Hall–Kier alpha value is -2.61. The van der Waals surface area contributed by atoms with Gasteiger partial charge in [0.05, 0.1) is 26.0 Å². The van der Waals surface area contributed by atoms with Gasteiger partial charge in [0.2, 0.25) is 0 Å². The molecule has 0 N–H and O–H groups in total. The van der Waals surface area contributed by atoms with Gasteiger partial charge < -0.3 is 14.4 Å². The lowest BCUT2D eigenvalue weighted by atomic mass is 9.96. The molecule has 5 nitrogen and oxygen atoms in total. The fourth-order valence-electron chi connectivity index (χ4n) is 3.97. The number of pyridine rings is 1. The molecule has 154 valence electrons. The molecule has 0 radical (unpaired) electrons. The van der Waals surface area contributed by atoms with Crippen LogP contribution in [0, 0.1) is 5.92 Å². The lowest BCUT2D eigenvalue weighted by Gasteiger charge is -2.30. The van der Waals surface area contributed by atoms with Crippen LogP contribution in [-0.4, -0.2) is 44.2 Å². The summed E-state index contributed by atoms with van der Waals surface area (Å²) in [6.45, 7) is 2.79. The zero-order valence-electron chi connectivity index (χ0n) is 16.0. The highest BCUT2D eigenvalue weighted by Crippen LogP contribution is 2.38. The minimum Gasteiger partial charge on any atom is -0.495 e. The number of hydrogen-bond donors (Lipinski definition) is 0. The summed E-state index contributed by atoms with van der Waals surface area (Å²) in [6.07, 6.45) is -2.35. The van der Waals surface area contributed by atoms with Crippen molar-refractivity contribution in [2.75, 3.05) is 38.3 Å². The number of carbonyl (C=O) groups is 1. The van der Waals surface area contributed by atoms with E-state index in [1.165, 1.54) is 12.3 Å². The van der Waals surface area contributed by atoms with Crippen LogP contribution in [0.2, 0.25) is 0 Å². The molecule has 0 bridgehead atoms. The smallest absolute Gasteiger partial charge is 0.433 e. The molecule has 1 aliphatic carbocycles. The molecule has 8 heteroatoms. The minimum atomic E-state index is -4.47. The molecule has 1 atom stereocenters. The summed E-state index contributed by atoms with van der Waals surface area (Å²) < 4.78 is 49.0. The number of alkyl halides is 3. The van der Waals surface area contributed by atoms with Crippen molar-refractivity contribution in [3.63, 3.8) is 0 Å². The fraction of sp³-hybridized carbons (Fsp3) is 0.429. The quantitative estimate of drug-likeness (QED) is 0.778. The Balaban J connectivity index is 1.54. The van der Waals surface area contributed by atoms with Gasteiger partial charge in [-0.15, -0.1) is 0 Å². The van der Waals surface area contributed by atoms with E-state index in [-0.39, 0.29) is 11.7 Å². The Labute approximate surface area is 166 Å². The zero-order chi connectivity index (χ0) is 20.6. The monoisotopic (exact) mass is 406 g/mol. The van der Waals surface area contributed by atoms with Gasteiger partial charge in [0.1, 0.15) is 11.4 Å². The molecule has 2 heterocycles. The summed E-state index contributed by atoms with van der Waals surface area (Å²) in [6, 6.07) is 6.14. The van der Waals surface area contributed by atoms with Crippen molar-refractivity contribution < 1.29 is 27.4 Å². The Bertz CT molecular complexity index is 907. The van der Waals surface area contributed by atoms with Gasteiger partial charge in [0, 0.05) is 30.8 Å². The molecule has 1 aromatic carbocycles. The molecule has 0 amide bonds. The van der Waals surface area contributed by atoms with Crippen LogP contribution in [0.1, 0.15) is 27.2 Å². The number of carbonyl (C=O) groups excluding carboxylic acids is 1. The molecule has 0 spiro atoms. The zero-order valence-corrected chi connectivity index (χ0v) is 16.0. The van der Waals surface area contributed by atoms with Crippen molar-refractivity contribution in [3.8, 4) is 5.75 Å². The molecular weight excluding hydrogens is 385 g/mol. The number of methoxy groups -OCH3 is 1. The average Bonchev–Trinajstić information content (AvgIpc) is 3.02. The molecule has 2 aliphatic rings. The Morgan fingerprint density at radius 3 is 2.62 bits per heavy atom. The average molecular weight is 406 g/mol. The molecule has 0 saturated carbocycles. The van der Waals surface area contributed by atoms with E-state index in [9.17, 15) is 18.0 Å². The number of ether oxygens (including phenoxy) is 2. The summed E-state index contributed by atoms with van der Waals surface area (Å²) in [7, 11) is 1.58. The van der Waals surface area contributed by atoms with Crippen LogP contribution in [-0.2, 0) is 23.8 Å². The third kappa shape index (κ3) is 3.94. The Morgan fingerprint density at radius 2 is 2.00 bits per heavy atom. The molecule has 2 aromatic rings. The van der Waals surface area contributed by atoms with Crippen LogP contribution in [0.4, 0.5) is 18.9 Å². The predicted octanol–water partition coefficient (Wildman–Crippen LogP) is 3.54. The minimum absolute atomic E-state index is 0.00766. The summed E-state index contributed by atoms with van der Waals surface area (Å²) in [4.78, 5) is 18.6. The van der Waals surface area contributed by atoms with Crippen molar-refractivity contribution in [2.45, 2.75) is 19.0 Å². The van der Waals surface area contributed by atoms with Gasteiger partial charge in [-0.05, 0) is 42.2 Å². The molecule has 1 saturated heterocycles. The first-order valence-corrected chi connectivity index (χ1v) is 9.46. The van der Waals surface area contributed by atoms with Crippen LogP contribution in [0.15, 0.2) is 30.5 Å². The second kappa shape index (κ2) is 7.67. The standard InChI is InChI=1S/C21H21F3N2O3/c1-28-18-11-16-14(10-17(18)26-4-6-29-7-5-26)9-15(20(16)27)8-13-2-3-19(25-12-13)21(22,23)24/h2-3,10-12,15H,4-9H2,1H3. The highest BCUT2D eigenvalue weighted by Gasteiger charge is 2.34. The van der Waals surface area contributed by atoms with E-state index in [4.69, 9.17) is 9.47 Å². The number of Topliss-reactive ketones (excluding diaryl/α,β-unsaturated/α-hetero) is 1. The Morgan fingerprint density at radius 1 is 1.24 bits per heavy atom. The molecule has 1 unspecified atom stereocenters. The van der Waals surface area contributed by atoms with Gasteiger partial charge in [-0.25, -0.2) is 0 Å². The van der Waals surface area contributed by atoms with Crippen LogP contribution >= 0.6 is 0 Å². The SMILES string of the molecule is COc1cc2c(cc1N1CCOCC1)CC(Cc1ccc(C(F)(F)F)nc1)C2=O. The number of anilines is 1. The maximum Gasteiger partial charge on any atom is 0.433 e. The van der Waals surface area contributed by atoms with E-state index in [0.29, 0.717) is 42.9 Å². The van der Waals surface area contributed by atoms with Crippen molar-refractivity contribution >= 4 is 11.5 Å². The number of fused-ring (bicyclic) bond motifs is 1. The van der Waals surface area contributed by atoms with E-state index in [1.807, 2.05) is 6.07 Å². The summed E-state index contributed by atoms with van der Waals surface area (Å²) in [5.74, 6) is 0.329. The molecule has 4 rings (SSSR count). The van der Waals surface area contributed by atoms with Crippen molar-refractivity contribution in [2.24, 2.45) is 5.92 Å². The maximum atomic E-state index is 12.9. The lowest BCUT2D eigenvalue weighted by molar-refractivity contribution is -0.141. The Kier molecular flexibility index (Phi) is 5.21. The van der Waals surface area contributed by atoms with E-state index in [1.54, 1.807) is 13.2 Å². The van der Waals surface area contributed by atoms with Crippen LogP contribution in [0.25, 0.3) is 0 Å². The van der Waals surface area contributed by atoms with Gasteiger partial charge >= 0.3 is 6.18 Å². The number of nitrogens with zero attached hydrogens (tertiary/aromatic N) is 2. The van der Waals surface area contributed by atoms with Crippen LogP contribution in [0.3, 0.4) is 0 Å². The largest absolute Gasteiger partial charge is 0.495 e. The van der Waals surface area contributed by atoms with E-state index >= 15 is 0 Å². The van der Waals surface area contributed by atoms with Gasteiger partial charge in [0.15, 0.2) is 5.78 Å². The third-order valence-corrected chi connectivity index (χ3v) is 5.46.